The maximum atomic E-state index is 12.1. The summed E-state index contributed by atoms with van der Waals surface area (Å²) in [5, 5.41) is 4.11. The Morgan fingerprint density at radius 1 is 1.03 bits per heavy atom. The number of nitrogens with one attached hydrogen (secondary N) is 1. The van der Waals surface area contributed by atoms with Gasteiger partial charge in [0.1, 0.15) is 6.04 Å². The molecular formula is C26H21BrN4O2S. The molecule has 1 fully saturated rings. The van der Waals surface area contributed by atoms with Gasteiger partial charge >= 0.3 is 5.97 Å². The third-order valence-electron chi connectivity index (χ3n) is 5.83. The molecule has 0 bridgehead atoms. The average Bonchev–Trinajstić information content (AvgIpc) is 3.49. The molecule has 2 aromatic heterocycles. The van der Waals surface area contributed by atoms with Gasteiger partial charge in [-0.05, 0) is 78.9 Å². The molecule has 1 aliphatic rings. The van der Waals surface area contributed by atoms with E-state index in [-0.39, 0.29) is 18.1 Å². The molecule has 6 nitrogen and oxygen atoms in total. The van der Waals surface area contributed by atoms with E-state index in [1.165, 1.54) is 7.11 Å². The van der Waals surface area contributed by atoms with Crippen LogP contribution in [0.2, 0.25) is 0 Å². The monoisotopic (exact) mass is 532 g/mol. The number of carbonyl (C=O) groups excluding carboxylic acids is 1. The van der Waals surface area contributed by atoms with E-state index in [1.54, 1.807) is 12.3 Å². The molecule has 1 aliphatic heterocycles. The second-order valence-electron chi connectivity index (χ2n) is 7.82. The van der Waals surface area contributed by atoms with Gasteiger partial charge in [0.05, 0.1) is 24.4 Å². The molecule has 4 aromatic rings. The number of aromatic nitrogens is 2. The highest BCUT2D eigenvalue weighted by Gasteiger charge is 2.42. The number of benzene rings is 2. The smallest absolute Gasteiger partial charge is 0.337 e. The normalized spacial score (nSPS) is 17.5. The van der Waals surface area contributed by atoms with Crippen LogP contribution in [0.4, 0.5) is 5.69 Å². The van der Waals surface area contributed by atoms with Gasteiger partial charge in [-0.3, -0.25) is 4.98 Å². The number of halogens is 1. The highest BCUT2D eigenvalue weighted by atomic mass is 79.9. The zero-order valence-electron chi connectivity index (χ0n) is 18.3. The molecule has 3 heterocycles. The number of rotatable bonds is 5. The van der Waals surface area contributed by atoms with E-state index < -0.39 is 0 Å². The van der Waals surface area contributed by atoms with Gasteiger partial charge in [0.15, 0.2) is 5.11 Å². The second kappa shape index (κ2) is 9.40. The number of ether oxygens (including phenoxy) is 1. The first kappa shape index (κ1) is 22.3. The molecule has 1 saturated heterocycles. The summed E-state index contributed by atoms with van der Waals surface area (Å²) in [6.45, 7) is 0. The molecule has 170 valence electrons. The summed E-state index contributed by atoms with van der Waals surface area (Å²) in [5.74, 6) is -0.373. The van der Waals surface area contributed by atoms with Crippen molar-refractivity contribution in [2.24, 2.45) is 0 Å². The van der Waals surface area contributed by atoms with Crippen LogP contribution in [0.1, 0.15) is 33.8 Å². The number of anilines is 1. The lowest BCUT2D eigenvalue weighted by Gasteiger charge is -2.29. The fourth-order valence-electron chi connectivity index (χ4n) is 4.31. The van der Waals surface area contributed by atoms with Gasteiger partial charge in [0.2, 0.25) is 0 Å². The Morgan fingerprint density at radius 2 is 1.85 bits per heavy atom. The van der Waals surface area contributed by atoms with Crippen molar-refractivity contribution in [3.63, 3.8) is 0 Å². The summed E-state index contributed by atoms with van der Waals surface area (Å²) in [5.41, 5.74) is 4.22. The van der Waals surface area contributed by atoms with E-state index in [0.717, 1.165) is 27.2 Å². The molecule has 2 atom stereocenters. The minimum absolute atomic E-state index is 0.171. The summed E-state index contributed by atoms with van der Waals surface area (Å²) < 4.78 is 7.99. The second-order valence-corrected chi connectivity index (χ2v) is 9.12. The van der Waals surface area contributed by atoms with Crippen molar-refractivity contribution in [1.82, 2.24) is 14.9 Å². The van der Waals surface area contributed by atoms with Crippen LogP contribution in [-0.4, -0.2) is 27.7 Å². The van der Waals surface area contributed by atoms with Crippen molar-refractivity contribution in [3.8, 4) is 5.69 Å². The molecule has 0 radical (unpaired) electrons. The van der Waals surface area contributed by atoms with Crippen LogP contribution in [0.5, 0.6) is 0 Å². The van der Waals surface area contributed by atoms with Crippen molar-refractivity contribution in [2.75, 3.05) is 12.0 Å². The van der Waals surface area contributed by atoms with Crippen LogP contribution in [0.25, 0.3) is 5.69 Å². The van der Waals surface area contributed by atoms with Crippen LogP contribution in [0, 0.1) is 0 Å². The van der Waals surface area contributed by atoms with Gasteiger partial charge in [-0.2, -0.15) is 0 Å². The standard InChI is InChI=1S/C26H21BrN4O2S/c1-33-25(32)17-6-4-7-20(16-17)30-15-5-9-22(30)24-23(21-8-2-3-14-28-21)29-26(34)31(24)19-12-10-18(27)11-13-19/h2-16,23-24H,1H3,(H,29,34)/t23-,24+/m0/s1. The zero-order chi connectivity index (χ0) is 23.7. The van der Waals surface area contributed by atoms with Gasteiger partial charge < -0.3 is 19.5 Å². The molecule has 1 N–H and O–H groups in total. The molecular weight excluding hydrogens is 512 g/mol. The number of nitrogens with zero attached hydrogens (tertiary/aromatic N) is 3. The Balaban J connectivity index is 1.65. The number of esters is 1. The van der Waals surface area contributed by atoms with E-state index in [0.29, 0.717) is 10.7 Å². The van der Waals surface area contributed by atoms with Crippen LogP contribution >= 0.6 is 28.1 Å². The Kier molecular flexibility index (Phi) is 6.17. The molecule has 0 amide bonds. The molecule has 0 spiro atoms. The topological polar surface area (TPSA) is 59.4 Å². The summed E-state index contributed by atoms with van der Waals surface area (Å²) >= 11 is 9.34. The minimum atomic E-state index is -0.373. The summed E-state index contributed by atoms with van der Waals surface area (Å²) in [4.78, 5) is 18.9. The maximum absolute atomic E-state index is 12.1. The molecule has 2 aromatic carbocycles. The first-order chi connectivity index (χ1) is 16.6. The van der Waals surface area contributed by atoms with Crippen molar-refractivity contribution < 1.29 is 9.53 Å². The largest absolute Gasteiger partial charge is 0.465 e. The number of hydrogen-bond donors (Lipinski definition) is 1. The predicted octanol–water partition coefficient (Wildman–Crippen LogP) is 5.60. The minimum Gasteiger partial charge on any atom is -0.465 e. The van der Waals surface area contributed by atoms with Gasteiger partial charge in [0.25, 0.3) is 0 Å². The lowest BCUT2D eigenvalue weighted by Crippen LogP contribution is -2.30. The van der Waals surface area contributed by atoms with E-state index in [2.05, 4.69) is 41.8 Å². The highest BCUT2D eigenvalue weighted by molar-refractivity contribution is 9.10. The van der Waals surface area contributed by atoms with Crippen LogP contribution in [0.3, 0.4) is 0 Å². The van der Waals surface area contributed by atoms with Crippen LogP contribution < -0.4 is 10.2 Å². The third-order valence-corrected chi connectivity index (χ3v) is 6.67. The number of carbonyl (C=O) groups is 1. The summed E-state index contributed by atoms with van der Waals surface area (Å²) in [7, 11) is 1.38. The van der Waals surface area contributed by atoms with Crippen LogP contribution in [-0.2, 0) is 4.74 Å². The van der Waals surface area contributed by atoms with Crippen molar-refractivity contribution >= 4 is 44.9 Å². The molecule has 8 heteroatoms. The van der Waals surface area contributed by atoms with E-state index in [9.17, 15) is 4.79 Å². The van der Waals surface area contributed by atoms with Crippen molar-refractivity contribution in [1.29, 1.82) is 0 Å². The Bertz CT molecular complexity index is 1340. The molecule has 0 aliphatic carbocycles. The first-order valence-electron chi connectivity index (χ1n) is 10.7. The van der Waals surface area contributed by atoms with Gasteiger partial charge in [0, 0.05) is 33.9 Å². The molecule has 5 rings (SSSR count). The first-order valence-corrected chi connectivity index (χ1v) is 11.9. The van der Waals surface area contributed by atoms with Crippen LogP contribution in [0.15, 0.2) is 95.7 Å². The van der Waals surface area contributed by atoms with Gasteiger partial charge in [-0.25, -0.2) is 4.79 Å². The van der Waals surface area contributed by atoms with E-state index in [1.807, 2.05) is 72.9 Å². The number of pyridine rings is 1. The SMILES string of the molecule is COC(=O)c1cccc(-n2cccc2[C@@H]2[C@H](c3ccccn3)NC(=S)N2c2ccc(Br)cc2)c1. The Morgan fingerprint density at radius 3 is 2.59 bits per heavy atom. The zero-order valence-corrected chi connectivity index (χ0v) is 20.7. The average molecular weight is 533 g/mol. The van der Waals surface area contributed by atoms with Gasteiger partial charge in [-0.15, -0.1) is 0 Å². The quantitative estimate of drug-likeness (QED) is 0.266. The maximum Gasteiger partial charge on any atom is 0.337 e. The fraction of sp³-hybridized carbons (Fsp3) is 0.115. The molecule has 34 heavy (non-hydrogen) atoms. The molecule has 0 unspecified atom stereocenters. The third kappa shape index (κ3) is 4.10. The number of hydrogen-bond acceptors (Lipinski definition) is 4. The highest BCUT2D eigenvalue weighted by Crippen LogP contribution is 2.42. The van der Waals surface area contributed by atoms with E-state index >= 15 is 0 Å². The summed E-state index contributed by atoms with van der Waals surface area (Å²) in [6, 6.07) is 25.1. The lowest BCUT2D eigenvalue weighted by molar-refractivity contribution is 0.0600. The van der Waals surface area contributed by atoms with Gasteiger partial charge in [-0.1, -0.05) is 28.1 Å². The fourth-order valence-corrected chi connectivity index (χ4v) is 4.92. The Labute approximate surface area is 211 Å². The van der Waals surface area contributed by atoms with Crippen molar-refractivity contribution in [2.45, 2.75) is 12.1 Å². The number of methoxy groups -OCH3 is 1. The summed E-state index contributed by atoms with van der Waals surface area (Å²) in [6.07, 6.45) is 3.78. The Hall–Kier alpha value is -3.49. The molecule has 0 saturated carbocycles. The van der Waals surface area contributed by atoms with Crippen molar-refractivity contribution in [3.05, 3.63) is 113 Å². The lowest BCUT2D eigenvalue weighted by atomic mass is 10.0. The number of thiocarbonyl (C=S) groups is 1. The predicted molar refractivity (Wildman–Crippen MR) is 139 cm³/mol. The van der Waals surface area contributed by atoms with E-state index in [4.69, 9.17) is 17.0 Å².